The number of nitrogens with one attached hydrogen (secondary N) is 1. The second-order valence-corrected chi connectivity index (χ2v) is 10.5. The SMILES string of the molecule is CC1CN(C(=O)OCC2CC2)c2cc(C3=C(NC4CC4)CC=CC=C3)ccc2N1C(=O)C1CC1. The maximum atomic E-state index is 13.2. The Kier molecular flexibility index (Phi) is 5.47. The van der Waals surface area contributed by atoms with Crippen LogP contribution in [-0.4, -0.2) is 37.2 Å². The van der Waals surface area contributed by atoms with Crippen molar-refractivity contribution in [2.45, 2.75) is 64.0 Å². The minimum atomic E-state index is -0.306. The summed E-state index contributed by atoms with van der Waals surface area (Å²) in [7, 11) is 0. The Bertz CT molecular complexity index is 1090. The third kappa shape index (κ3) is 4.38. The maximum Gasteiger partial charge on any atom is 0.414 e. The molecule has 6 rings (SSSR count). The second kappa shape index (κ2) is 8.64. The van der Waals surface area contributed by atoms with E-state index in [1.807, 2.05) is 17.9 Å². The number of carbonyl (C=O) groups excluding carboxylic acids is 2. The van der Waals surface area contributed by atoms with E-state index in [9.17, 15) is 9.59 Å². The molecule has 3 fully saturated rings. The van der Waals surface area contributed by atoms with Gasteiger partial charge in [0, 0.05) is 36.2 Å². The van der Waals surface area contributed by atoms with Crippen LogP contribution in [0.15, 0.2) is 48.2 Å². The molecule has 34 heavy (non-hydrogen) atoms. The highest BCUT2D eigenvalue weighted by atomic mass is 16.6. The molecule has 6 nitrogen and oxygen atoms in total. The van der Waals surface area contributed by atoms with Crippen LogP contribution < -0.4 is 15.1 Å². The number of hydrogen-bond donors (Lipinski definition) is 1. The zero-order valence-electron chi connectivity index (χ0n) is 19.8. The van der Waals surface area contributed by atoms with E-state index >= 15 is 0 Å². The van der Waals surface area contributed by atoms with Gasteiger partial charge in [-0.1, -0.05) is 30.4 Å². The summed E-state index contributed by atoms with van der Waals surface area (Å²) in [6.45, 7) is 2.96. The Labute approximate surface area is 201 Å². The quantitative estimate of drug-likeness (QED) is 0.638. The first-order chi connectivity index (χ1) is 16.6. The second-order valence-electron chi connectivity index (χ2n) is 10.5. The van der Waals surface area contributed by atoms with E-state index in [0.29, 0.717) is 25.1 Å². The van der Waals surface area contributed by atoms with Gasteiger partial charge in [0.25, 0.3) is 0 Å². The van der Waals surface area contributed by atoms with Gasteiger partial charge in [-0.05, 0) is 69.1 Å². The van der Waals surface area contributed by atoms with Crippen molar-refractivity contribution in [1.29, 1.82) is 0 Å². The van der Waals surface area contributed by atoms with Crippen LogP contribution in [0.5, 0.6) is 0 Å². The molecule has 1 N–H and O–H groups in total. The van der Waals surface area contributed by atoms with Gasteiger partial charge in [0.15, 0.2) is 0 Å². The standard InChI is InChI=1S/C28H33N3O3/c1-18-16-30(28(33)34-17-19-7-8-19)26-15-21(11-14-25(26)31(18)27(32)20-9-10-20)23-5-3-2-4-6-24(23)29-22-12-13-22/h2-5,11,14-15,18-20,22,29H,6-10,12-13,16-17H2,1H3. The molecule has 0 bridgehead atoms. The van der Waals surface area contributed by atoms with Gasteiger partial charge in [0.05, 0.1) is 24.0 Å². The molecular weight excluding hydrogens is 426 g/mol. The molecule has 2 amide bonds. The minimum Gasteiger partial charge on any atom is -0.449 e. The number of rotatable bonds is 6. The Hall–Kier alpha value is -3.02. The highest BCUT2D eigenvalue weighted by molar-refractivity contribution is 6.05. The van der Waals surface area contributed by atoms with Gasteiger partial charge in [0.2, 0.25) is 5.91 Å². The van der Waals surface area contributed by atoms with Crippen LogP contribution >= 0.6 is 0 Å². The molecule has 1 heterocycles. The van der Waals surface area contributed by atoms with Crippen molar-refractivity contribution in [3.8, 4) is 0 Å². The number of allylic oxidation sites excluding steroid dienone is 5. The summed E-state index contributed by atoms with van der Waals surface area (Å²) >= 11 is 0. The molecule has 0 spiro atoms. The topological polar surface area (TPSA) is 61.9 Å². The summed E-state index contributed by atoms with van der Waals surface area (Å²) in [6, 6.07) is 6.66. The fraction of sp³-hybridized carbons (Fsp3) is 0.500. The monoisotopic (exact) mass is 459 g/mol. The van der Waals surface area contributed by atoms with Gasteiger partial charge >= 0.3 is 6.09 Å². The van der Waals surface area contributed by atoms with Crippen molar-refractivity contribution in [2.75, 3.05) is 23.0 Å². The summed E-state index contributed by atoms with van der Waals surface area (Å²) in [5.74, 6) is 0.812. The number of amides is 2. The van der Waals surface area contributed by atoms with Gasteiger partial charge in [-0.3, -0.25) is 9.69 Å². The number of fused-ring (bicyclic) bond motifs is 1. The molecule has 1 aromatic rings. The van der Waals surface area contributed by atoms with Crippen LogP contribution in [0.25, 0.3) is 5.57 Å². The maximum absolute atomic E-state index is 13.2. The molecule has 5 aliphatic rings. The van der Waals surface area contributed by atoms with Crippen LogP contribution in [-0.2, 0) is 9.53 Å². The first-order valence-corrected chi connectivity index (χ1v) is 12.8. The molecule has 1 aromatic carbocycles. The Morgan fingerprint density at radius 3 is 2.62 bits per heavy atom. The van der Waals surface area contributed by atoms with Crippen LogP contribution in [0, 0.1) is 11.8 Å². The van der Waals surface area contributed by atoms with Gasteiger partial charge in [-0.15, -0.1) is 0 Å². The Morgan fingerprint density at radius 2 is 1.88 bits per heavy atom. The Balaban J connectivity index is 1.39. The van der Waals surface area contributed by atoms with E-state index < -0.39 is 0 Å². The van der Waals surface area contributed by atoms with Crippen molar-refractivity contribution >= 4 is 28.9 Å². The average Bonchev–Trinajstić information content (AvgIpc) is 3.70. The van der Waals surface area contributed by atoms with Crippen LogP contribution in [0.3, 0.4) is 0 Å². The lowest BCUT2D eigenvalue weighted by atomic mass is 9.98. The third-order valence-corrected chi connectivity index (χ3v) is 7.36. The summed E-state index contributed by atoms with van der Waals surface area (Å²) in [4.78, 5) is 30.0. The molecule has 6 heteroatoms. The number of ether oxygens (including phenoxy) is 1. The molecule has 0 saturated heterocycles. The van der Waals surface area contributed by atoms with Gasteiger partial charge in [-0.2, -0.15) is 0 Å². The summed E-state index contributed by atoms with van der Waals surface area (Å²) in [5, 5.41) is 3.70. The van der Waals surface area contributed by atoms with Crippen LogP contribution in [0.1, 0.15) is 57.4 Å². The van der Waals surface area contributed by atoms with E-state index in [1.165, 1.54) is 18.5 Å². The van der Waals surface area contributed by atoms with E-state index in [-0.39, 0.29) is 24.0 Å². The highest BCUT2D eigenvalue weighted by Gasteiger charge is 2.41. The number of benzene rings is 1. The molecule has 3 saturated carbocycles. The summed E-state index contributed by atoms with van der Waals surface area (Å²) in [6.07, 6.45) is 15.6. The number of carbonyl (C=O) groups is 2. The zero-order chi connectivity index (χ0) is 23.2. The molecule has 1 aliphatic heterocycles. The summed E-state index contributed by atoms with van der Waals surface area (Å²) < 4.78 is 5.69. The predicted molar refractivity (Wildman–Crippen MR) is 134 cm³/mol. The van der Waals surface area contributed by atoms with Gasteiger partial charge < -0.3 is 15.0 Å². The van der Waals surface area contributed by atoms with Crippen molar-refractivity contribution in [3.05, 3.63) is 53.8 Å². The van der Waals surface area contributed by atoms with Crippen LogP contribution in [0.2, 0.25) is 0 Å². The molecule has 0 radical (unpaired) electrons. The van der Waals surface area contributed by atoms with Gasteiger partial charge in [0.1, 0.15) is 0 Å². The normalized spacial score (nSPS) is 24.1. The lowest BCUT2D eigenvalue weighted by Crippen LogP contribution is -2.52. The van der Waals surface area contributed by atoms with Gasteiger partial charge in [-0.25, -0.2) is 4.79 Å². The molecule has 1 unspecified atom stereocenters. The zero-order valence-corrected chi connectivity index (χ0v) is 19.8. The lowest BCUT2D eigenvalue weighted by Gasteiger charge is -2.41. The van der Waals surface area contributed by atoms with Crippen molar-refractivity contribution in [3.63, 3.8) is 0 Å². The first-order valence-electron chi connectivity index (χ1n) is 12.8. The van der Waals surface area contributed by atoms with Crippen LogP contribution in [0.4, 0.5) is 16.2 Å². The first kappa shape index (κ1) is 21.5. The largest absolute Gasteiger partial charge is 0.449 e. The molecule has 0 aromatic heterocycles. The number of nitrogens with zero attached hydrogens (tertiary/aromatic N) is 2. The number of anilines is 2. The third-order valence-electron chi connectivity index (χ3n) is 7.36. The van der Waals surface area contributed by atoms with E-state index in [2.05, 4.69) is 41.8 Å². The number of hydrogen-bond acceptors (Lipinski definition) is 4. The fourth-order valence-corrected chi connectivity index (χ4v) is 4.89. The fourth-order valence-electron chi connectivity index (χ4n) is 4.89. The Morgan fingerprint density at radius 1 is 1.06 bits per heavy atom. The van der Waals surface area contributed by atoms with E-state index in [4.69, 9.17) is 4.74 Å². The summed E-state index contributed by atoms with van der Waals surface area (Å²) in [5.41, 5.74) is 5.00. The van der Waals surface area contributed by atoms with E-state index in [1.54, 1.807) is 4.90 Å². The molecular formula is C28H33N3O3. The molecule has 4 aliphatic carbocycles. The molecule has 178 valence electrons. The predicted octanol–water partition coefficient (Wildman–Crippen LogP) is 5.16. The lowest BCUT2D eigenvalue weighted by molar-refractivity contribution is -0.120. The smallest absolute Gasteiger partial charge is 0.414 e. The highest BCUT2D eigenvalue weighted by Crippen LogP contribution is 2.42. The van der Waals surface area contributed by atoms with Crippen molar-refractivity contribution < 1.29 is 14.3 Å². The van der Waals surface area contributed by atoms with E-state index in [0.717, 1.165) is 54.6 Å². The van der Waals surface area contributed by atoms with Crippen molar-refractivity contribution in [2.24, 2.45) is 11.8 Å². The minimum absolute atomic E-state index is 0.0896. The average molecular weight is 460 g/mol. The van der Waals surface area contributed by atoms with Crippen molar-refractivity contribution in [1.82, 2.24) is 5.32 Å². The molecule has 1 atom stereocenters.